The SMILES string of the molecule is c1ccc(C2=NC(c3ccccc3)N=C(c3ccc(N4c5ccccc5C5c6ccccc6-c6c(sc7ccccc67)C54)cc3)N2)cc1. The van der Waals surface area contributed by atoms with E-state index in [4.69, 9.17) is 9.98 Å². The van der Waals surface area contributed by atoms with E-state index in [1.807, 2.05) is 47.7 Å². The molecule has 4 nitrogen and oxygen atoms in total. The lowest BCUT2D eigenvalue weighted by Gasteiger charge is -2.35. The Labute approximate surface area is 283 Å². The van der Waals surface area contributed by atoms with E-state index < -0.39 is 0 Å². The van der Waals surface area contributed by atoms with Crippen LogP contribution in [0.1, 0.15) is 50.8 Å². The van der Waals surface area contributed by atoms with Gasteiger partial charge in [0, 0.05) is 48.9 Å². The Balaban J connectivity index is 1.08. The quantitative estimate of drug-likeness (QED) is 0.209. The third-order valence-electron chi connectivity index (χ3n) is 9.89. The molecular weight excluding hydrogens is 605 g/mol. The number of anilines is 2. The Morgan fingerprint density at radius 1 is 0.562 bits per heavy atom. The van der Waals surface area contributed by atoms with Crippen LogP contribution >= 0.6 is 11.3 Å². The average Bonchev–Trinajstić information content (AvgIpc) is 3.73. The minimum atomic E-state index is -0.322. The zero-order valence-corrected chi connectivity index (χ0v) is 26.8. The van der Waals surface area contributed by atoms with Crippen LogP contribution in [-0.2, 0) is 0 Å². The van der Waals surface area contributed by atoms with Gasteiger partial charge in [-0.1, -0.05) is 121 Å². The molecular formula is C43H30N4S. The summed E-state index contributed by atoms with van der Waals surface area (Å²) in [7, 11) is 0. The van der Waals surface area contributed by atoms with Crippen molar-refractivity contribution in [3.05, 3.63) is 190 Å². The Hall–Kier alpha value is -5.78. The molecule has 1 aliphatic carbocycles. The third-order valence-corrected chi connectivity index (χ3v) is 11.1. The number of hydrogen-bond acceptors (Lipinski definition) is 5. The Morgan fingerprint density at radius 3 is 1.98 bits per heavy atom. The fourth-order valence-corrected chi connectivity index (χ4v) is 9.13. The minimum absolute atomic E-state index is 0.167. The summed E-state index contributed by atoms with van der Waals surface area (Å²) in [5.41, 5.74) is 11.1. The van der Waals surface area contributed by atoms with Gasteiger partial charge in [-0.05, 0) is 58.7 Å². The van der Waals surface area contributed by atoms with Gasteiger partial charge in [0.1, 0.15) is 11.7 Å². The van der Waals surface area contributed by atoms with E-state index >= 15 is 0 Å². The van der Waals surface area contributed by atoms with Gasteiger partial charge in [0.15, 0.2) is 6.17 Å². The summed E-state index contributed by atoms with van der Waals surface area (Å²) in [6.07, 6.45) is -0.322. The smallest absolute Gasteiger partial charge is 0.169 e. The molecule has 0 saturated carbocycles. The monoisotopic (exact) mass is 634 g/mol. The maximum absolute atomic E-state index is 5.11. The van der Waals surface area contributed by atoms with Gasteiger partial charge in [-0.3, -0.25) is 0 Å². The molecule has 0 spiro atoms. The van der Waals surface area contributed by atoms with Gasteiger partial charge >= 0.3 is 0 Å². The van der Waals surface area contributed by atoms with Crippen molar-refractivity contribution in [3.8, 4) is 11.1 Å². The number of nitrogens with zero attached hydrogens (tertiary/aromatic N) is 3. The fourth-order valence-electron chi connectivity index (χ4n) is 7.78. The van der Waals surface area contributed by atoms with Crippen molar-refractivity contribution in [1.29, 1.82) is 0 Å². The lowest BCUT2D eigenvalue weighted by atomic mass is 9.77. The molecule has 2 aliphatic heterocycles. The highest BCUT2D eigenvalue weighted by Gasteiger charge is 2.46. The number of benzene rings is 6. The van der Waals surface area contributed by atoms with E-state index in [0.29, 0.717) is 0 Å². The molecule has 1 aromatic heterocycles. The zero-order valence-electron chi connectivity index (χ0n) is 26.0. The van der Waals surface area contributed by atoms with E-state index in [1.165, 1.54) is 48.6 Å². The van der Waals surface area contributed by atoms with E-state index in [0.717, 1.165) is 28.4 Å². The number of rotatable bonds is 4. The highest BCUT2D eigenvalue weighted by atomic mass is 32.1. The van der Waals surface area contributed by atoms with Crippen molar-refractivity contribution in [3.63, 3.8) is 0 Å². The number of nitrogens with one attached hydrogen (secondary N) is 1. The van der Waals surface area contributed by atoms with Crippen molar-refractivity contribution >= 4 is 44.5 Å². The normalized spacial score (nSPS) is 19.0. The molecule has 5 heteroatoms. The number of amidine groups is 2. The number of hydrogen-bond donors (Lipinski definition) is 1. The van der Waals surface area contributed by atoms with Crippen LogP contribution < -0.4 is 10.2 Å². The number of fused-ring (bicyclic) bond motifs is 10. The van der Waals surface area contributed by atoms with E-state index in [-0.39, 0.29) is 18.1 Å². The lowest BCUT2D eigenvalue weighted by Crippen LogP contribution is -2.36. The maximum Gasteiger partial charge on any atom is 0.169 e. The summed E-state index contributed by atoms with van der Waals surface area (Å²) in [5, 5.41) is 4.91. The van der Waals surface area contributed by atoms with Gasteiger partial charge in [-0.25, -0.2) is 9.98 Å². The van der Waals surface area contributed by atoms with Gasteiger partial charge in [-0.2, -0.15) is 0 Å². The first kappa shape index (κ1) is 27.3. The van der Waals surface area contributed by atoms with Crippen LogP contribution in [0.5, 0.6) is 0 Å². The molecule has 3 heterocycles. The average molecular weight is 635 g/mol. The van der Waals surface area contributed by atoms with Crippen LogP contribution in [0.3, 0.4) is 0 Å². The highest BCUT2D eigenvalue weighted by Crippen LogP contribution is 2.63. The van der Waals surface area contributed by atoms with Crippen LogP contribution in [0.4, 0.5) is 11.4 Å². The summed E-state index contributed by atoms with van der Waals surface area (Å²) in [4.78, 5) is 14.1. The van der Waals surface area contributed by atoms with E-state index in [1.54, 1.807) is 0 Å². The van der Waals surface area contributed by atoms with Gasteiger partial charge in [0.2, 0.25) is 0 Å². The molecule has 6 aromatic carbocycles. The number of para-hydroxylation sites is 1. The molecule has 0 bridgehead atoms. The van der Waals surface area contributed by atoms with Crippen LogP contribution in [-0.4, -0.2) is 11.7 Å². The molecule has 0 saturated heterocycles. The molecule has 0 radical (unpaired) electrons. The Morgan fingerprint density at radius 2 is 1.19 bits per heavy atom. The van der Waals surface area contributed by atoms with Crippen molar-refractivity contribution in [2.75, 3.05) is 4.90 Å². The third kappa shape index (κ3) is 4.21. The summed E-state index contributed by atoms with van der Waals surface area (Å²) < 4.78 is 1.34. The first-order valence-electron chi connectivity index (χ1n) is 16.4. The molecule has 3 unspecified atom stereocenters. The Bertz CT molecular complexity index is 2390. The second-order valence-electron chi connectivity index (χ2n) is 12.6. The number of thiophene rings is 1. The first-order chi connectivity index (χ1) is 23.8. The van der Waals surface area contributed by atoms with Gasteiger partial charge in [-0.15, -0.1) is 11.3 Å². The summed E-state index contributed by atoms with van der Waals surface area (Å²) in [6, 6.07) is 56.6. The van der Waals surface area contributed by atoms with Crippen molar-refractivity contribution in [2.24, 2.45) is 9.98 Å². The van der Waals surface area contributed by atoms with Crippen LogP contribution in [0.25, 0.3) is 21.2 Å². The van der Waals surface area contributed by atoms with Crippen molar-refractivity contribution in [2.45, 2.75) is 18.1 Å². The topological polar surface area (TPSA) is 40.0 Å². The Kier molecular flexibility index (Phi) is 6.21. The molecule has 1 N–H and O–H groups in total. The molecule has 3 atom stereocenters. The van der Waals surface area contributed by atoms with Crippen LogP contribution in [0.2, 0.25) is 0 Å². The summed E-state index contributed by atoms with van der Waals surface area (Å²) in [6.45, 7) is 0. The van der Waals surface area contributed by atoms with Crippen molar-refractivity contribution in [1.82, 2.24) is 5.32 Å². The molecule has 3 aliphatic rings. The van der Waals surface area contributed by atoms with E-state index in [9.17, 15) is 0 Å². The van der Waals surface area contributed by atoms with Gasteiger partial charge in [0.25, 0.3) is 0 Å². The highest BCUT2D eigenvalue weighted by molar-refractivity contribution is 7.19. The van der Waals surface area contributed by atoms with E-state index in [2.05, 4.69) is 132 Å². The predicted molar refractivity (Wildman–Crippen MR) is 199 cm³/mol. The van der Waals surface area contributed by atoms with Gasteiger partial charge < -0.3 is 10.2 Å². The maximum atomic E-state index is 5.11. The molecule has 10 rings (SSSR count). The molecule has 0 fully saturated rings. The fraction of sp³-hybridized carbons (Fsp3) is 0.0698. The zero-order chi connectivity index (χ0) is 31.6. The largest absolute Gasteiger partial charge is 0.332 e. The summed E-state index contributed by atoms with van der Waals surface area (Å²) >= 11 is 1.95. The molecule has 7 aromatic rings. The van der Waals surface area contributed by atoms with Crippen LogP contribution in [0, 0.1) is 0 Å². The van der Waals surface area contributed by atoms with Crippen molar-refractivity contribution < 1.29 is 0 Å². The molecule has 48 heavy (non-hydrogen) atoms. The summed E-state index contributed by atoms with van der Waals surface area (Å²) in [5.74, 6) is 1.90. The molecule has 0 amide bonds. The second kappa shape index (κ2) is 10.9. The first-order valence-corrected chi connectivity index (χ1v) is 17.3. The van der Waals surface area contributed by atoms with Gasteiger partial charge in [0.05, 0.1) is 6.04 Å². The minimum Gasteiger partial charge on any atom is -0.332 e. The van der Waals surface area contributed by atoms with Crippen LogP contribution in [0.15, 0.2) is 168 Å². The standard InChI is InChI=1S/C43H30N4S/c1-3-13-27(14-4-1)41-44-42(28-15-5-2-6-16-28)46-43(45-41)29-23-25-30(26-24-29)47-35-21-11-9-19-33(35)37-31-17-7-8-18-32(31)38-34-20-10-12-22-36(34)48-40(38)39(37)47/h1-26,37,39,41H,(H,44,45,46). The number of aliphatic imine (C=N–C) groups is 2. The predicted octanol–water partition coefficient (Wildman–Crippen LogP) is 10.4. The molecule has 228 valence electrons. The second-order valence-corrected chi connectivity index (χ2v) is 13.6. The lowest BCUT2D eigenvalue weighted by molar-refractivity contribution is 0.662.